The summed E-state index contributed by atoms with van der Waals surface area (Å²) in [4.78, 5) is 52.5. The first-order valence-electron chi connectivity index (χ1n) is 13.5. The van der Waals surface area contributed by atoms with Crippen LogP contribution in [0.2, 0.25) is 0 Å². The van der Waals surface area contributed by atoms with E-state index >= 15 is 0 Å². The molecule has 2 aromatic rings. The van der Waals surface area contributed by atoms with Gasteiger partial charge in [-0.2, -0.15) is 13.2 Å². The van der Waals surface area contributed by atoms with E-state index in [1.54, 1.807) is 36.4 Å². The summed E-state index contributed by atoms with van der Waals surface area (Å²) in [6, 6.07) is 8.43. The number of halogens is 4. The summed E-state index contributed by atoms with van der Waals surface area (Å²) < 4.78 is 60.1. The monoisotopic (exact) mass is 600 g/mol. The smallest absolute Gasteiger partial charge is 0.411 e. The van der Waals surface area contributed by atoms with Crippen LogP contribution < -0.4 is 11.1 Å². The summed E-state index contributed by atoms with van der Waals surface area (Å²) in [6.45, 7) is -0.387. The van der Waals surface area contributed by atoms with Gasteiger partial charge in [0.2, 0.25) is 5.91 Å². The Hall–Kier alpha value is -4.68. The molecule has 3 aliphatic rings. The third kappa shape index (κ3) is 5.97. The van der Waals surface area contributed by atoms with Crippen LogP contribution in [0.15, 0.2) is 66.3 Å². The second-order valence-electron chi connectivity index (χ2n) is 10.8. The Morgan fingerprint density at radius 3 is 2.56 bits per heavy atom. The number of nitrogens with two attached hydrogens (primary N) is 1. The molecule has 5 rings (SSSR count). The zero-order valence-corrected chi connectivity index (χ0v) is 23.0. The molecule has 2 unspecified atom stereocenters. The number of anilines is 1. The molecule has 2 fully saturated rings. The molecular weight excluding hydrogens is 572 g/mol. The number of ether oxygens (including phenoxy) is 1. The minimum Gasteiger partial charge on any atom is -0.436 e. The Morgan fingerprint density at radius 1 is 1.16 bits per heavy atom. The topological polar surface area (TPSA) is 122 Å². The number of urea groups is 1. The summed E-state index contributed by atoms with van der Waals surface area (Å²) in [5.74, 6) is -2.34. The van der Waals surface area contributed by atoms with Crippen molar-refractivity contribution in [3.05, 3.63) is 83.2 Å². The summed E-state index contributed by atoms with van der Waals surface area (Å²) in [6.07, 6.45) is -1.67. The van der Waals surface area contributed by atoms with Crippen LogP contribution in [0.1, 0.15) is 30.9 Å². The minimum absolute atomic E-state index is 0.112. The van der Waals surface area contributed by atoms with Crippen LogP contribution in [0.4, 0.5) is 32.8 Å². The van der Waals surface area contributed by atoms with E-state index in [1.165, 1.54) is 12.1 Å². The number of hydrogen-bond donors (Lipinski definition) is 2. The maximum atomic E-state index is 13.7. The van der Waals surface area contributed by atoms with Crippen molar-refractivity contribution in [2.75, 3.05) is 18.4 Å². The van der Waals surface area contributed by atoms with Gasteiger partial charge in [-0.25, -0.2) is 14.0 Å². The molecule has 9 nitrogen and oxygen atoms in total. The molecule has 1 spiro atoms. The van der Waals surface area contributed by atoms with E-state index in [0.717, 1.165) is 24.0 Å². The van der Waals surface area contributed by atoms with Gasteiger partial charge in [0.25, 0.3) is 0 Å². The van der Waals surface area contributed by atoms with Gasteiger partial charge in [-0.3, -0.25) is 14.5 Å². The highest BCUT2D eigenvalue weighted by molar-refractivity contribution is 6.24. The third-order valence-electron chi connectivity index (χ3n) is 8.03. The maximum absolute atomic E-state index is 13.7. The van der Waals surface area contributed by atoms with E-state index in [1.807, 2.05) is 0 Å². The highest BCUT2D eigenvalue weighted by atomic mass is 19.4. The van der Waals surface area contributed by atoms with Crippen LogP contribution in [0.25, 0.3) is 5.57 Å². The predicted octanol–water partition coefficient (Wildman–Crippen LogP) is 4.79. The van der Waals surface area contributed by atoms with E-state index in [0.29, 0.717) is 33.7 Å². The number of carbonyl (C=O) groups is 4. The highest BCUT2D eigenvalue weighted by Gasteiger charge is 2.56. The van der Waals surface area contributed by atoms with Gasteiger partial charge in [0.1, 0.15) is 18.4 Å². The lowest BCUT2D eigenvalue weighted by atomic mass is 9.81. The Labute approximate surface area is 243 Å². The Bertz CT molecular complexity index is 1540. The average Bonchev–Trinajstić information content (AvgIpc) is 3.46. The number of benzene rings is 2. The fraction of sp³-hybridized carbons (Fsp3) is 0.333. The van der Waals surface area contributed by atoms with Crippen LogP contribution in [0.5, 0.6) is 0 Å². The number of Topliss-reactive ketones (excluding diaryl/α,β-unsaturated/α-hetero) is 1. The lowest BCUT2D eigenvalue weighted by molar-refractivity contribution is -0.187. The Morgan fingerprint density at radius 2 is 1.88 bits per heavy atom. The van der Waals surface area contributed by atoms with E-state index in [2.05, 4.69) is 5.32 Å². The number of carbonyl (C=O) groups excluding carboxylic acids is 4. The van der Waals surface area contributed by atoms with E-state index in [-0.39, 0.29) is 24.3 Å². The van der Waals surface area contributed by atoms with Crippen molar-refractivity contribution >= 4 is 35.1 Å². The third-order valence-corrected chi connectivity index (χ3v) is 8.03. The molecule has 1 heterocycles. The molecule has 3 atom stereocenters. The van der Waals surface area contributed by atoms with Crippen LogP contribution in [0, 0.1) is 11.7 Å². The molecule has 2 aromatic carbocycles. The maximum Gasteiger partial charge on any atom is 0.411 e. The van der Waals surface area contributed by atoms with E-state index in [4.69, 9.17) is 10.5 Å². The normalized spacial score (nSPS) is 22.1. The number of hydrogen-bond acceptors (Lipinski definition) is 5. The molecule has 0 aromatic heterocycles. The van der Waals surface area contributed by atoms with Crippen molar-refractivity contribution in [3.63, 3.8) is 0 Å². The molecule has 1 aliphatic heterocycles. The van der Waals surface area contributed by atoms with Gasteiger partial charge in [0, 0.05) is 23.7 Å². The number of allylic oxidation sites excluding steroid dienone is 3. The first-order valence-corrected chi connectivity index (χ1v) is 13.5. The molecular formula is C30H28F4N4O5. The molecule has 226 valence electrons. The summed E-state index contributed by atoms with van der Waals surface area (Å²) in [7, 11) is 0. The lowest BCUT2D eigenvalue weighted by Crippen LogP contribution is -2.50. The van der Waals surface area contributed by atoms with Crippen molar-refractivity contribution < 1.29 is 41.5 Å². The number of amides is 4. The highest BCUT2D eigenvalue weighted by Crippen LogP contribution is 2.49. The molecule has 13 heteroatoms. The minimum atomic E-state index is -4.74. The average molecular weight is 601 g/mol. The Balaban J connectivity index is 1.35. The van der Waals surface area contributed by atoms with E-state index in [9.17, 15) is 36.7 Å². The number of ketones is 1. The first kappa shape index (κ1) is 29.8. The molecule has 0 bridgehead atoms. The fourth-order valence-electron chi connectivity index (χ4n) is 5.82. The lowest BCUT2D eigenvalue weighted by Gasteiger charge is -2.32. The predicted molar refractivity (Wildman–Crippen MR) is 147 cm³/mol. The molecule has 3 N–H and O–H groups in total. The number of nitrogens with one attached hydrogen (secondary N) is 1. The van der Waals surface area contributed by atoms with Crippen LogP contribution in [0.3, 0.4) is 0 Å². The van der Waals surface area contributed by atoms with Crippen molar-refractivity contribution in [3.8, 4) is 0 Å². The van der Waals surface area contributed by atoms with Crippen molar-refractivity contribution in [1.29, 1.82) is 0 Å². The van der Waals surface area contributed by atoms with E-state index < -0.39 is 60.7 Å². The number of nitrogens with zero attached hydrogens (tertiary/aromatic N) is 2. The zero-order chi connectivity index (χ0) is 31.1. The molecule has 43 heavy (non-hydrogen) atoms. The van der Waals surface area contributed by atoms with Crippen molar-refractivity contribution in [1.82, 2.24) is 9.80 Å². The quantitative estimate of drug-likeness (QED) is 0.443. The van der Waals surface area contributed by atoms with Crippen molar-refractivity contribution in [2.45, 2.75) is 44.1 Å². The van der Waals surface area contributed by atoms with Gasteiger partial charge in [-0.15, -0.1) is 0 Å². The van der Waals surface area contributed by atoms with Gasteiger partial charge < -0.3 is 20.7 Å². The van der Waals surface area contributed by atoms with Crippen LogP contribution in [-0.2, 0) is 20.9 Å². The summed E-state index contributed by atoms with van der Waals surface area (Å²) >= 11 is 0. The second-order valence-corrected chi connectivity index (χ2v) is 10.8. The molecule has 0 radical (unpaired) electrons. The molecule has 2 aliphatic carbocycles. The molecule has 4 amide bonds. The number of alkyl halides is 3. The zero-order valence-electron chi connectivity index (χ0n) is 23.0. The van der Waals surface area contributed by atoms with Crippen LogP contribution >= 0.6 is 0 Å². The van der Waals surface area contributed by atoms with Gasteiger partial charge in [-0.1, -0.05) is 36.4 Å². The summed E-state index contributed by atoms with van der Waals surface area (Å²) in [5.41, 5.74) is 6.20. The van der Waals surface area contributed by atoms with Crippen molar-refractivity contribution in [2.24, 2.45) is 11.7 Å². The standard InChI is InChI=1S/C30H28F4N4O5/c1-17(30(32,33)34)38(14-18-5-7-20(31)8-6-18)25(39)15-37-16-29(43-28(37)42)12-11-23-24(29)10-9-22(26(23)40)19-3-2-4-21(13-19)36-27(35)41/h2-10,13,17,23H,11-12,14-16H2,1H3,(H3,35,36,41)/t17?,23?,29-/m0/s1. The van der Waals surface area contributed by atoms with Gasteiger partial charge in [0.05, 0.1) is 6.54 Å². The van der Waals surface area contributed by atoms with Gasteiger partial charge >= 0.3 is 18.3 Å². The fourth-order valence-corrected chi connectivity index (χ4v) is 5.82. The van der Waals surface area contributed by atoms with Gasteiger partial charge in [-0.05, 0) is 60.7 Å². The number of fused-ring (bicyclic) bond motifs is 2. The van der Waals surface area contributed by atoms with Gasteiger partial charge in [0.15, 0.2) is 11.4 Å². The number of rotatable bonds is 7. The summed E-state index contributed by atoms with van der Waals surface area (Å²) in [5, 5.41) is 2.46. The van der Waals surface area contributed by atoms with Crippen LogP contribution in [-0.4, -0.2) is 64.5 Å². The second kappa shape index (κ2) is 11.2. The molecule has 1 saturated heterocycles. The number of primary amides is 1. The Kier molecular flexibility index (Phi) is 7.76. The SMILES string of the molecule is CC(N(Cc1ccc(F)cc1)C(=O)CN1C[C@]2(CCC3C(=O)C(c4cccc(NC(N)=O)c4)=CC=C32)OC1=O)C(F)(F)F. The first-order chi connectivity index (χ1) is 20.3. The largest absolute Gasteiger partial charge is 0.436 e. The molecule has 1 saturated carbocycles.